The van der Waals surface area contributed by atoms with Crippen LogP contribution in [-0.4, -0.2) is 42.7 Å². The van der Waals surface area contributed by atoms with E-state index in [1.807, 2.05) is 140 Å². The SMILES string of the molecule is CCc1ccc(Cc2cc(C3(O)OC(COCc4ccccc4)C(OCc4ccccc4)C(OCc4ccccc4)C3OCc3ccccc3)c(CCOC(c3ccccc3)(c3ccccc3)c3ccccc3)s2)cc1. The van der Waals surface area contributed by atoms with E-state index < -0.39 is 35.8 Å². The molecule has 0 spiro atoms. The third-order valence-electron chi connectivity index (χ3n) is 14.2. The first-order valence-electron chi connectivity index (χ1n) is 26.5. The summed E-state index contributed by atoms with van der Waals surface area (Å²) in [7, 11) is 0. The van der Waals surface area contributed by atoms with Crippen molar-refractivity contribution in [3.63, 3.8) is 0 Å². The Morgan fingerprint density at radius 3 is 1.38 bits per heavy atom. The second kappa shape index (κ2) is 25.8. The largest absolute Gasteiger partial charge is 0.374 e. The maximum atomic E-state index is 14.2. The van der Waals surface area contributed by atoms with Crippen LogP contribution in [0.5, 0.6) is 0 Å². The fourth-order valence-electron chi connectivity index (χ4n) is 10.3. The molecular weight excluding hydrogens is 961 g/mol. The van der Waals surface area contributed by atoms with Gasteiger partial charge in [0.05, 0.1) is 39.6 Å². The zero-order valence-corrected chi connectivity index (χ0v) is 43.9. The van der Waals surface area contributed by atoms with Crippen molar-refractivity contribution in [1.82, 2.24) is 0 Å². The van der Waals surface area contributed by atoms with Crippen molar-refractivity contribution in [2.45, 2.75) is 88.4 Å². The van der Waals surface area contributed by atoms with E-state index in [9.17, 15) is 5.11 Å². The molecule has 1 aromatic heterocycles. The minimum Gasteiger partial charge on any atom is -0.374 e. The Labute approximate surface area is 452 Å². The standard InChI is InChI=1S/C68H66O7S/c1-2-51-38-40-52(41-39-51)44-60-45-61(63(76-60)42-43-74-67(57-32-18-7-19-33-57,58-34-20-8-21-35-58)59-36-22-9-23-37-59)68(69)66(73-49-56-30-16-6-17-31-56)65(72-48-55-28-14-5-15-29-55)64(71-47-54-26-12-4-13-27-54)62(75-68)50-70-46-53-24-10-3-11-25-53/h3-41,45,62,64-66,69H,2,42-44,46-50H2,1H3. The molecule has 0 aliphatic carbocycles. The molecule has 5 unspecified atom stereocenters. The summed E-state index contributed by atoms with van der Waals surface area (Å²) in [5, 5.41) is 14.2. The molecule has 9 aromatic rings. The van der Waals surface area contributed by atoms with Gasteiger partial charge in [-0.2, -0.15) is 0 Å². The van der Waals surface area contributed by atoms with Gasteiger partial charge >= 0.3 is 0 Å². The van der Waals surface area contributed by atoms with Crippen molar-refractivity contribution in [3.8, 4) is 0 Å². The van der Waals surface area contributed by atoms with E-state index in [0.29, 0.717) is 31.6 Å². The highest BCUT2D eigenvalue weighted by Crippen LogP contribution is 2.46. The first-order valence-corrected chi connectivity index (χ1v) is 27.3. The zero-order valence-electron chi connectivity index (χ0n) is 43.1. The van der Waals surface area contributed by atoms with Gasteiger partial charge in [-0.3, -0.25) is 0 Å². The van der Waals surface area contributed by atoms with Crippen LogP contribution in [0.25, 0.3) is 0 Å². The molecule has 0 amide bonds. The molecule has 8 heteroatoms. The highest BCUT2D eigenvalue weighted by Gasteiger charge is 2.58. The molecule has 386 valence electrons. The number of benzene rings is 8. The minimum absolute atomic E-state index is 0.0974. The normalized spacial score (nSPS) is 18.6. The molecule has 8 aromatic carbocycles. The van der Waals surface area contributed by atoms with E-state index in [1.54, 1.807) is 11.3 Å². The van der Waals surface area contributed by atoms with Crippen molar-refractivity contribution in [1.29, 1.82) is 0 Å². The monoisotopic (exact) mass is 1030 g/mol. The fourth-order valence-corrected chi connectivity index (χ4v) is 11.5. The summed E-state index contributed by atoms with van der Waals surface area (Å²) in [5.41, 5.74) is 9.06. The highest BCUT2D eigenvalue weighted by atomic mass is 32.1. The molecule has 0 saturated carbocycles. The molecule has 1 aliphatic heterocycles. The number of thiophene rings is 1. The summed E-state index contributed by atoms with van der Waals surface area (Å²) < 4.78 is 42.7. The van der Waals surface area contributed by atoms with Gasteiger partial charge in [-0.25, -0.2) is 0 Å². The van der Waals surface area contributed by atoms with Crippen molar-refractivity contribution in [3.05, 3.63) is 308 Å². The van der Waals surface area contributed by atoms with Gasteiger partial charge < -0.3 is 33.5 Å². The first-order chi connectivity index (χ1) is 37.5. The summed E-state index contributed by atoms with van der Waals surface area (Å²) in [4.78, 5) is 1.98. The van der Waals surface area contributed by atoms with Crippen LogP contribution < -0.4 is 0 Å². The molecule has 7 nitrogen and oxygen atoms in total. The second-order valence-electron chi connectivity index (χ2n) is 19.4. The maximum absolute atomic E-state index is 14.2. The Kier molecular flexibility index (Phi) is 17.9. The van der Waals surface area contributed by atoms with E-state index >= 15 is 0 Å². The quantitative estimate of drug-likeness (QED) is 0.0604. The zero-order chi connectivity index (χ0) is 51.8. The molecule has 76 heavy (non-hydrogen) atoms. The average molecular weight is 1030 g/mol. The number of aliphatic hydroxyl groups is 1. The molecule has 5 atom stereocenters. The van der Waals surface area contributed by atoms with Crippen molar-refractivity contribution >= 4 is 11.3 Å². The van der Waals surface area contributed by atoms with Crippen LogP contribution >= 0.6 is 11.3 Å². The van der Waals surface area contributed by atoms with Gasteiger partial charge in [0.25, 0.3) is 0 Å². The Morgan fingerprint density at radius 2 is 0.908 bits per heavy atom. The van der Waals surface area contributed by atoms with E-state index in [1.165, 1.54) is 11.1 Å². The summed E-state index contributed by atoms with van der Waals surface area (Å²) >= 11 is 1.67. The molecular formula is C68H66O7S. The number of hydrogen-bond donors (Lipinski definition) is 1. The third-order valence-corrected chi connectivity index (χ3v) is 15.4. The lowest BCUT2D eigenvalue weighted by atomic mass is 9.80. The van der Waals surface area contributed by atoms with Gasteiger partial charge in [0.1, 0.15) is 30.0 Å². The van der Waals surface area contributed by atoms with Gasteiger partial charge in [-0.05, 0) is 62.6 Å². The van der Waals surface area contributed by atoms with E-state index in [-0.39, 0.29) is 26.4 Å². The van der Waals surface area contributed by atoms with Gasteiger partial charge in [-0.15, -0.1) is 11.3 Å². The Bertz CT molecular complexity index is 3010. The maximum Gasteiger partial charge on any atom is 0.223 e. The van der Waals surface area contributed by atoms with Crippen LogP contribution in [0.2, 0.25) is 0 Å². The lowest BCUT2D eigenvalue weighted by molar-refractivity contribution is -0.378. The summed E-state index contributed by atoms with van der Waals surface area (Å²) in [5.74, 6) is -2.07. The molecule has 2 heterocycles. The van der Waals surface area contributed by atoms with Crippen molar-refractivity contribution < 1.29 is 33.5 Å². The first kappa shape index (κ1) is 52.6. The smallest absolute Gasteiger partial charge is 0.223 e. The Hall–Kier alpha value is -6.82. The molecule has 1 saturated heterocycles. The number of hydrogen-bond acceptors (Lipinski definition) is 8. The Balaban J connectivity index is 1.09. The van der Waals surface area contributed by atoms with Gasteiger partial charge in [0, 0.05) is 28.2 Å². The number of ether oxygens (including phenoxy) is 6. The second-order valence-corrected chi connectivity index (χ2v) is 20.6. The lowest BCUT2D eigenvalue weighted by Crippen LogP contribution is -2.65. The molecule has 10 rings (SSSR count). The van der Waals surface area contributed by atoms with E-state index in [4.69, 9.17) is 28.4 Å². The van der Waals surface area contributed by atoms with Crippen LogP contribution in [-0.2, 0) is 85.5 Å². The van der Waals surface area contributed by atoms with E-state index in [0.717, 1.165) is 55.1 Å². The molecule has 1 fully saturated rings. The van der Waals surface area contributed by atoms with Gasteiger partial charge in [0.2, 0.25) is 5.79 Å². The summed E-state index contributed by atoms with van der Waals surface area (Å²) in [6.07, 6.45) is -1.46. The van der Waals surface area contributed by atoms with Crippen LogP contribution in [0.3, 0.4) is 0 Å². The number of rotatable bonds is 24. The Morgan fingerprint density at radius 1 is 0.487 bits per heavy atom. The fraction of sp³-hybridized carbons (Fsp3) is 0.235. The average Bonchev–Trinajstić information content (AvgIpc) is 3.90. The predicted octanol–water partition coefficient (Wildman–Crippen LogP) is 14.0. The number of aryl methyl sites for hydroxylation is 1. The van der Waals surface area contributed by atoms with Crippen LogP contribution in [0, 0.1) is 0 Å². The molecule has 0 radical (unpaired) electrons. The van der Waals surface area contributed by atoms with Crippen LogP contribution in [0.1, 0.15) is 72.3 Å². The van der Waals surface area contributed by atoms with Gasteiger partial charge in [0.15, 0.2) is 0 Å². The van der Waals surface area contributed by atoms with Gasteiger partial charge in [-0.1, -0.05) is 244 Å². The molecule has 1 aliphatic rings. The minimum atomic E-state index is -2.07. The van der Waals surface area contributed by atoms with E-state index in [2.05, 4.69) is 110 Å². The molecule has 0 bridgehead atoms. The molecule has 1 N–H and O–H groups in total. The highest BCUT2D eigenvalue weighted by molar-refractivity contribution is 7.12. The predicted molar refractivity (Wildman–Crippen MR) is 302 cm³/mol. The van der Waals surface area contributed by atoms with Crippen LogP contribution in [0.15, 0.2) is 243 Å². The van der Waals surface area contributed by atoms with Crippen molar-refractivity contribution in [2.24, 2.45) is 0 Å². The third kappa shape index (κ3) is 12.7. The van der Waals surface area contributed by atoms with Crippen molar-refractivity contribution in [2.75, 3.05) is 13.2 Å². The van der Waals surface area contributed by atoms with Crippen LogP contribution in [0.4, 0.5) is 0 Å². The topological polar surface area (TPSA) is 75.6 Å². The summed E-state index contributed by atoms with van der Waals surface area (Å²) in [6.45, 7) is 3.58. The lowest BCUT2D eigenvalue weighted by Gasteiger charge is -2.50. The summed E-state index contributed by atoms with van der Waals surface area (Å²) in [6, 6.07) is 82.5.